The first-order valence-electron chi connectivity index (χ1n) is 6.30. The van der Waals surface area contributed by atoms with E-state index >= 15 is 0 Å². The molecule has 120 valence electrons. The van der Waals surface area contributed by atoms with E-state index in [2.05, 4.69) is 0 Å². The molecule has 0 aliphatic carbocycles. The van der Waals surface area contributed by atoms with Crippen LogP contribution in [0.4, 0.5) is 5.69 Å². The Bertz CT molecular complexity index is 693. The summed E-state index contributed by atoms with van der Waals surface area (Å²) in [6.07, 6.45) is 2.08. The summed E-state index contributed by atoms with van der Waals surface area (Å²) in [5.74, 6) is 0. The number of benzene rings is 1. The lowest BCUT2D eigenvalue weighted by Crippen LogP contribution is -2.34. The topological polar surface area (TPSA) is 124 Å². The van der Waals surface area contributed by atoms with E-state index < -0.39 is 19.7 Å². The summed E-state index contributed by atoms with van der Waals surface area (Å²) in [6, 6.07) is 4.05. The van der Waals surface area contributed by atoms with E-state index in [0.29, 0.717) is 31.9 Å². The fourth-order valence-electron chi connectivity index (χ4n) is 1.95. The molecule has 0 unspecified atom stereocenters. The molecule has 9 heteroatoms. The summed E-state index contributed by atoms with van der Waals surface area (Å²) in [4.78, 5) is 1.67. The van der Waals surface area contributed by atoms with E-state index in [9.17, 15) is 16.8 Å². The van der Waals surface area contributed by atoms with Gasteiger partial charge < -0.3 is 16.4 Å². The van der Waals surface area contributed by atoms with Crippen molar-refractivity contribution in [2.75, 3.05) is 43.6 Å². The highest BCUT2D eigenvalue weighted by molar-refractivity contribution is 7.91. The van der Waals surface area contributed by atoms with Gasteiger partial charge in [0.2, 0.25) is 0 Å². The van der Waals surface area contributed by atoms with Crippen molar-refractivity contribution in [1.82, 2.24) is 0 Å². The van der Waals surface area contributed by atoms with Crippen molar-refractivity contribution in [2.45, 2.75) is 9.79 Å². The van der Waals surface area contributed by atoms with Crippen LogP contribution in [0.15, 0.2) is 28.0 Å². The maximum atomic E-state index is 12.0. The van der Waals surface area contributed by atoms with Crippen molar-refractivity contribution in [3.63, 3.8) is 0 Å². The van der Waals surface area contributed by atoms with Crippen LogP contribution in [-0.4, -0.2) is 55.5 Å². The van der Waals surface area contributed by atoms with Crippen molar-refractivity contribution in [3.8, 4) is 0 Å². The molecule has 0 saturated heterocycles. The molecule has 1 aromatic rings. The second kappa shape index (κ2) is 6.73. The third kappa shape index (κ3) is 4.67. The van der Waals surface area contributed by atoms with Gasteiger partial charge in [0.05, 0.1) is 15.5 Å². The summed E-state index contributed by atoms with van der Waals surface area (Å²) in [6.45, 7) is 1.52. The van der Waals surface area contributed by atoms with Crippen molar-refractivity contribution in [2.24, 2.45) is 11.5 Å². The molecular formula is C12H21N3O4S2. The van der Waals surface area contributed by atoms with Gasteiger partial charge in [0.1, 0.15) is 0 Å². The van der Waals surface area contributed by atoms with Gasteiger partial charge in [-0.1, -0.05) is 0 Å². The van der Waals surface area contributed by atoms with Gasteiger partial charge in [0.15, 0.2) is 19.7 Å². The normalized spacial score (nSPS) is 12.4. The predicted octanol–water partition coefficient (Wildman–Crippen LogP) is -0.783. The number of nitrogens with two attached hydrogens (primary N) is 2. The summed E-state index contributed by atoms with van der Waals surface area (Å²) in [7, 11) is -7.07. The van der Waals surface area contributed by atoms with E-state index in [1.54, 1.807) is 4.90 Å². The second-order valence-corrected chi connectivity index (χ2v) is 8.74. The predicted molar refractivity (Wildman–Crippen MR) is 83.0 cm³/mol. The van der Waals surface area contributed by atoms with Gasteiger partial charge >= 0.3 is 0 Å². The Hall–Kier alpha value is -1.16. The van der Waals surface area contributed by atoms with Crippen LogP contribution in [0.5, 0.6) is 0 Å². The van der Waals surface area contributed by atoms with E-state index in [4.69, 9.17) is 11.5 Å². The van der Waals surface area contributed by atoms with Crippen molar-refractivity contribution >= 4 is 25.4 Å². The molecule has 1 aromatic carbocycles. The third-order valence-electron chi connectivity index (χ3n) is 2.90. The molecule has 0 saturated carbocycles. The summed E-state index contributed by atoms with van der Waals surface area (Å²) in [5.41, 5.74) is 11.5. The summed E-state index contributed by atoms with van der Waals surface area (Å²) in [5, 5.41) is 0. The highest BCUT2D eigenvalue weighted by atomic mass is 32.2. The van der Waals surface area contributed by atoms with Gasteiger partial charge in [0.25, 0.3) is 0 Å². The van der Waals surface area contributed by atoms with E-state index in [1.165, 1.54) is 18.2 Å². The minimum atomic E-state index is -3.59. The minimum absolute atomic E-state index is 0.0349. The van der Waals surface area contributed by atoms with Gasteiger partial charge in [-0.3, -0.25) is 0 Å². The average molecular weight is 335 g/mol. The number of hydrogen-bond acceptors (Lipinski definition) is 7. The third-order valence-corrected chi connectivity index (χ3v) is 5.13. The van der Waals surface area contributed by atoms with E-state index in [1.807, 2.05) is 0 Å². The Kier molecular flexibility index (Phi) is 5.74. The van der Waals surface area contributed by atoms with Crippen LogP contribution in [0.3, 0.4) is 0 Å². The van der Waals surface area contributed by atoms with Gasteiger partial charge in [-0.15, -0.1) is 0 Å². The van der Waals surface area contributed by atoms with E-state index in [-0.39, 0.29) is 9.79 Å². The van der Waals surface area contributed by atoms with Gasteiger partial charge in [0, 0.05) is 38.7 Å². The Morgan fingerprint density at radius 3 is 1.86 bits per heavy atom. The fraction of sp³-hybridized carbons (Fsp3) is 0.500. The number of sulfone groups is 2. The van der Waals surface area contributed by atoms with Gasteiger partial charge in [-0.2, -0.15) is 0 Å². The molecule has 21 heavy (non-hydrogen) atoms. The first-order chi connectivity index (χ1) is 9.61. The molecule has 4 N–H and O–H groups in total. The average Bonchev–Trinajstić information content (AvgIpc) is 2.35. The molecule has 0 aromatic heterocycles. The van der Waals surface area contributed by atoms with Crippen molar-refractivity contribution in [1.29, 1.82) is 0 Å². The lowest BCUT2D eigenvalue weighted by Gasteiger charge is -2.25. The van der Waals surface area contributed by atoms with E-state index in [0.717, 1.165) is 12.5 Å². The first-order valence-corrected chi connectivity index (χ1v) is 10.1. The first kappa shape index (κ1) is 17.9. The van der Waals surface area contributed by atoms with Crippen LogP contribution in [0.1, 0.15) is 0 Å². The molecule has 0 bridgehead atoms. The minimum Gasteiger partial charge on any atom is -0.368 e. The van der Waals surface area contributed by atoms with Crippen LogP contribution in [-0.2, 0) is 19.7 Å². The van der Waals surface area contributed by atoms with Crippen LogP contribution < -0.4 is 16.4 Å². The van der Waals surface area contributed by atoms with Crippen molar-refractivity contribution < 1.29 is 16.8 Å². The molecule has 0 radical (unpaired) electrons. The molecule has 0 atom stereocenters. The highest BCUT2D eigenvalue weighted by Gasteiger charge is 2.21. The maximum absolute atomic E-state index is 12.0. The van der Waals surface area contributed by atoms with Gasteiger partial charge in [-0.25, -0.2) is 16.8 Å². The quantitative estimate of drug-likeness (QED) is 0.669. The number of rotatable bonds is 7. The zero-order valence-electron chi connectivity index (χ0n) is 12.1. The largest absolute Gasteiger partial charge is 0.368 e. The molecule has 0 amide bonds. The zero-order valence-corrected chi connectivity index (χ0v) is 13.7. The lowest BCUT2D eigenvalue weighted by molar-refractivity contribution is 0.599. The van der Waals surface area contributed by atoms with Crippen LogP contribution in [0, 0.1) is 0 Å². The molecule has 0 heterocycles. The monoisotopic (exact) mass is 335 g/mol. The number of anilines is 1. The molecular weight excluding hydrogens is 314 g/mol. The SMILES string of the molecule is CS(=O)(=O)c1ccc(N(CCN)CCN)c(S(C)(=O)=O)c1. The zero-order chi connectivity index (χ0) is 16.3. The Labute approximate surface area is 125 Å². The number of hydrogen-bond donors (Lipinski definition) is 2. The molecule has 1 rings (SSSR count). The fourth-order valence-corrected chi connectivity index (χ4v) is 3.59. The second-order valence-electron chi connectivity index (χ2n) is 4.74. The highest BCUT2D eigenvalue weighted by Crippen LogP contribution is 2.28. The van der Waals surface area contributed by atoms with Crippen molar-refractivity contribution in [3.05, 3.63) is 18.2 Å². The smallest absolute Gasteiger partial charge is 0.177 e. The van der Waals surface area contributed by atoms with Gasteiger partial charge in [-0.05, 0) is 18.2 Å². The summed E-state index contributed by atoms with van der Waals surface area (Å²) >= 11 is 0. The molecule has 7 nitrogen and oxygen atoms in total. The molecule has 0 spiro atoms. The molecule has 0 aliphatic rings. The Balaban J connectivity index is 3.51. The lowest BCUT2D eigenvalue weighted by atomic mass is 10.2. The van der Waals surface area contributed by atoms with Crippen LogP contribution >= 0.6 is 0 Å². The Morgan fingerprint density at radius 2 is 1.48 bits per heavy atom. The van der Waals surface area contributed by atoms with Crippen LogP contribution in [0.2, 0.25) is 0 Å². The number of nitrogens with zero attached hydrogens (tertiary/aromatic N) is 1. The molecule has 0 fully saturated rings. The van der Waals surface area contributed by atoms with Crippen LogP contribution in [0.25, 0.3) is 0 Å². The maximum Gasteiger partial charge on any atom is 0.177 e. The molecule has 0 aliphatic heterocycles. The summed E-state index contributed by atoms with van der Waals surface area (Å²) < 4.78 is 47.1. The standard InChI is InChI=1S/C12H21N3O4S2/c1-20(16,17)10-3-4-11(12(9-10)21(2,18)19)15(7-5-13)8-6-14/h3-4,9H,5-8,13-14H2,1-2H3. The Morgan fingerprint density at radius 1 is 0.952 bits per heavy atom.